The van der Waals surface area contributed by atoms with Crippen molar-refractivity contribution in [2.75, 3.05) is 6.61 Å². The number of carbonyl (C=O) groups excluding carboxylic acids is 1. The molecule has 3 rings (SSSR count). The second kappa shape index (κ2) is 10.5. The van der Waals surface area contributed by atoms with Gasteiger partial charge in [-0.2, -0.15) is 5.10 Å². The summed E-state index contributed by atoms with van der Waals surface area (Å²) >= 11 is 13.2. The number of ether oxygens (including phenoxy) is 2. The number of furan rings is 1. The van der Waals surface area contributed by atoms with Crippen molar-refractivity contribution in [3.8, 4) is 11.5 Å². The average molecular weight is 573 g/mol. The molecule has 1 amide bonds. The Morgan fingerprint density at radius 3 is 2.74 bits per heavy atom. The third-order valence-corrected chi connectivity index (χ3v) is 5.69. The van der Waals surface area contributed by atoms with Crippen LogP contribution in [-0.2, 0) is 0 Å². The summed E-state index contributed by atoms with van der Waals surface area (Å²) in [4.78, 5) is 12.4. The van der Waals surface area contributed by atoms with Crippen LogP contribution in [0.5, 0.6) is 11.5 Å². The first-order valence-electron chi connectivity index (χ1n) is 9.67. The van der Waals surface area contributed by atoms with Gasteiger partial charge in [0.1, 0.15) is 5.58 Å². The summed E-state index contributed by atoms with van der Waals surface area (Å²) < 4.78 is 18.8. The summed E-state index contributed by atoms with van der Waals surface area (Å²) in [7, 11) is 0. The normalized spacial score (nSPS) is 12.3. The maximum atomic E-state index is 12.4. The van der Waals surface area contributed by atoms with E-state index in [2.05, 4.69) is 42.4 Å². The Morgan fingerprint density at radius 1 is 1.26 bits per heavy atom. The number of fused-ring (bicyclic) bond motifs is 1. The molecule has 164 valence electrons. The van der Waals surface area contributed by atoms with Crippen LogP contribution < -0.4 is 14.9 Å². The summed E-state index contributed by atoms with van der Waals surface area (Å²) in [6.07, 6.45) is 2.32. The standard InChI is InChI=1S/C22H21Br2ClN2O4/c1-4-12(3)30-21-17(25)6-13(7-18(21)29-5-2)11-26-27-22(28)19-9-14-8-15(23)10-16(24)20(14)31-19/h6-12H,4-5H2,1-3H3,(H,27,28)/b26-11-. The number of hydrogen-bond donors (Lipinski definition) is 1. The first kappa shape index (κ1) is 23.6. The lowest BCUT2D eigenvalue weighted by atomic mass is 10.2. The van der Waals surface area contributed by atoms with Gasteiger partial charge >= 0.3 is 5.91 Å². The summed E-state index contributed by atoms with van der Waals surface area (Å²) in [6, 6.07) is 8.83. The molecule has 6 nitrogen and oxygen atoms in total. The molecular formula is C22H21Br2ClN2O4. The maximum Gasteiger partial charge on any atom is 0.307 e. The van der Waals surface area contributed by atoms with Crippen molar-refractivity contribution >= 4 is 66.6 Å². The van der Waals surface area contributed by atoms with Crippen LogP contribution >= 0.6 is 43.5 Å². The lowest BCUT2D eigenvalue weighted by molar-refractivity contribution is 0.0929. The van der Waals surface area contributed by atoms with Gasteiger partial charge in [0.2, 0.25) is 0 Å². The number of rotatable bonds is 8. The van der Waals surface area contributed by atoms with Gasteiger partial charge in [-0.15, -0.1) is 0 Å². The molecule has 31 heavy (non-hydrogen) atoms. The van der Waals surface area contributed by atoms with Gasteiger partial charge in [0, 0.05) is 9.86 Å². The monoisotopic (exact) mass is 570 g/mol. The summed E-state index contributed by atoms with van der Waals surface area (Å²) in [6.45, 7) is 6.34. The second-order valence-electron chi connectivity index (χ2n) is 6.72. The third kappa shape index (κ3) is 5.81. The fourth-order valence-corrected chi connectivity index (χ4v) is 4.34. The Bertz CT molecular complexity index is 1130. The third-order valence-electron chi connectivity index (χ3n) is 4.36. The fraction of sp³-hybridized carbons (Fsp3) is 0.273. The molecule has 1 unspecified atom stereocenters. The van der Waals surface area contributed by atoms with Gasteiger partial charge in [-0.05, 0) is 72.1 Å². The molecule has 1 atom stereocenters. The van der Waals surface area contributed by atoms with E-state index in [1.807, 2.05) is 32.9 Å². The Kier molecular flexibility index (Phi) is 8.02. The van der Waals surface area contributed by atoms with Crippen LogP contribution in [0.2, 0.25) is 5.02 Å². The predicted molar refractivity (Wildman–Crippen MR) is 130 cm³/mol. The lowest BCUT2D eigenvalue weighted by Gasteiger charge is -2.18. The molecule has 3 aromatic rings. The molecule has 1 aromatic heterocycles. The first-order chi connectivity index (χ1) is 14.8. The highest BCUT2D eigenvalue weighted by molar-refractivity contribution is 9.11. The molecule has 0 aliphatic heterocycles. The molecule has 0 aliphatic carbocycles. The number of carbonyl (C=O) groups is 1. The zero-order valence-corrected chi connectivity index (χ0v) is 21.1. The Hall–Kier alpha value is -2.03. The minimum Gasteiger partial charge on any atom is -0.490 e. The van der Waals surface area contributed by atoms with E-state index in [-0.39, 0.29) is 11.9 Å². The number of nitrogens with zero attached hydrogens (tertiary/aromatic N) is 1. The van der Waals surface area contributed by atoms with Crippen molar-refractivity contribution in [1.29, 1.82) is 0 Å². The van der Waals surface area contributed by atoms with Crippen LogP contribution in [0.1, 0.15) is 43.3 Å². The minimum atomic E-state index is -0.469. The van der Waals surface area contributed by atoms with Gasteiger partial charge in [0.05, 0.1) is 28.4 Å². The van der Waals surface area contributed by atoms with E-state index in [4.69, 9.17) is 25.5 Å². The zero-order chi connectivity index (χ0) is 22.5. The summed E-state index contributed by atoms with van der Waals surface area (Å²) in [5.74, 6) is 0.702. The Labute approximate surface area is 202 Å². The molecular weight excluding hydrogens is 552 g/mol. The molecule has 1 N–H and O–H groups in total. The van der Waals surface area contributed by atoms with E-state index in [0.29, 0.717) is 34.3 Å². The van der Waals surface area contributed by atoms with Crippen LogP contribution in [0.4, 0.5) is 0 Å². The quantitative estimate of drug-likeness (QED) is 0.234. The zero-order valence-electron chi connectivity index (χ0n) is 17.2. The fourth-order valence-electron chi connectivity index (χ4n) is 2.73. The molecule has 9 heteroatoms. The number of halogens is 3. The highest BCUT2D eigenvalue weighted by Gasteiger charge is 2.16. The van der Waals surface area contributed by atoms with Crippen LogP contribution in [0, 0.1) is 0 Å². The van der Waals surface area contributed by atoms with E-state index in [0.717, 1.165) is 20.8 Å². The van der Waals surface area contributed by atoms with Gasteiger partial charge < -0.3 is 13.9 Å². The number of amides is 1. The first-order valence-corrected chi connectivity index (χ1v) is 11.6. The van der Waals surface area contributed by atoms with Crippen LogP contribution in [-0.4, -0.2) is 24.8 Å². The number of benzene rings is 2. The molecule has 0 fully saturated rings. The molecule has 0 saturated heterocycles. The minimum absolute atomic E-state index is 0.0000177. The molecule has 2 aromatic carbocycles. The largest absolute Gasteiger partial charge is 0.490 e. The van der Waals surface area contributed by atoms with Crippen LogP contribution in [0.15, 0.2) is 48.8 Å². The van der Waals surface area contributed by atoms with E-state index < -0.39 is 5.91 Å². The van der Waals surface area contributed by atoms with E-state index >= 15 is 0 Å². The predicted octanol–water partition coefficient (Wildman–Crippen LogP) is 6.95. The SMILES string of the molecule is CCOc1cc(/C=N\NC(=O)c2cc3cc(Br)cc(Br)c3o2)cc(Cl)c1OC(C)CC. The molecule has 0 bridgehead atoms. The average Bonchev–Trinajstić information content (AvgIpc) is 3.15. The van der Waals surface area contributed by atoms with E-state index in [1.54, 1.807) is 18.2 Å². The molecule has 0 aliphatic rings. The molecule has 0 spiro atoms. The molecule has 0 saturated carbocycles. The van der Waals surface area contributed by atoms with Crippen LogP contribution in [0.25, 0.3) is 11.0 Å². The van der Waals surface area contributed by atoms with Gasteiger partial charge in [0.25, 0.3) is 0 Å². The Balaban J connectivity index is 1.77. The van der Waals surface area contributed by atoms with E-state index in [9.17, 15) is 4.79 Å². The Morgan fingerprint density at radius 2 is 2.03 bits per heavy atom. The summed E-state index contributed by atoms with van der Waals surface area (Å²) in [5, 5.41) is 5.22. The smallest absolute Gasteiger partial charge is 0.307 e. The topological polar surface area (TPSA) is 73.1 Å². The van der Waals surface area contributed by atoms with Crippen molar-refractivity contribution in [2.24, 2.45) is 5.10 Å². The van der Waals surface area contributed by atoms with Crippen molar-refractivity contribution < 1.29 is 18.7 Å². The van der Waals surface area contributed by atoms with Gasteiger partial charge in [-0.3, -0.25) is 4.79 Å². The van der Waals surface area contributed by atoms with Crippen molar-refractivity contribution in [3.63, 3.8) is 0 Å². The molecule has 1 heterocycles. The van der Waals surface area contributed by atoms with Crippen molar-refractivity contribution in [1.82, 2.24) is 5.43 Å². The van der Waals surface area contributed by atoms with Crippen molar-refractivity contribution in [3.05, 3.63) is 55.6 Å². The van der Waals surface area contributed by atoms with Gasteiger partial charge in [0.15, 0.2) is 17.3 Å². The summed E-state index contributed by atoms with van der Waals surface area (Å²) in [5.41, 5.74) is 3.70. The number of nitrogens with one attached hydrogen (secondary N) is 1. The van der Waals surface area contributed by atoms with Crippen LogP contribution in [0.3, 0.4) is 0 Å². The second-order valence-corrected chi connectivity index (χ2v) is 8.89. The molecule has 0 radical (unpaired) electrons. The maximum absolute atomic E-state index is 12.4. The number of hydrazone groups is 1. The van der Waals surface area contributed by atoms with Crippen molar-refractivity contribution in [2.45, 2.75) is 33.3 Å². The van der Waals surface area contributed by atoms with Gasteiger partial charge in [-0.1, -0.05) is 34.5 Å². The highest BCUT2D eigenvalue weighted by atomic mass is 79.9. The lowest BCUT2D eigenvalue weighted by Crippen LogP contribution is -2.16. The van der Waals surface area contributed by atoms with E-state index in [1.165, 1.54) is 6.21 Å². The number of hydrogen-bond acceptors (Lipinski definition) is 5. The highest BCUT2D eigenvalue weighted by Crippen LogP contribution is 2.37. The van der Waals surface area contributed by atoms with Gasteiger partial charge in [-0.25, -0.2) is 5.43 Å².